The molecule has 2 amide bonds. The number of pyridine rings is 1. The maximum Gasteiger partial charge on any atom is 0.243 e. The van der Waals surface area contributed by atoms with Crippen molar-refractivity contribution < 1.29 is 18.0 Å². The molecule has 0 aliphatic carbocycles. The van der Waals surface area contributed by atoms with Crippen LogP contribution < -0.4 is 10.6 Å². The van der Waals surface area contributed by atoms with Crippen LogP contribution in [0.2, 0.25) is 0 Å². The van der Waals surface area contributed by atoms with Crippen molar-refractivity contribution in [1.29, 1.82) is 0 Å². The van der Waals surface area contributed by atoms with E-state index in [0.717, 1.165) is 14.3 Å². The van der Waals surface area contributed by atoms with Crippen LogP contribution >= 0.6 is 15.9 Å². The summed E-state index contributed by atoms with van der Waals surface area (Å²) in [6, 6.07) is 9.74. The SMILES string of the molecule is CN(CC(=O)NCCC(=O)NCc1ccncc1)S(=O)(=O)c1ccc(Br)cc1. The van der Waals surface area contributed by atoms with E-state index in [1.165, 1.54) is 19.2 Å². The number of carbonyl (C=O) groups is 2. The summed E-state index contributed by atoms with van der Waals surface area (Å²) in [6.45, 7) is 0.160. The molecule has 0 aliphatic rings. The number of carbonyl (C=O) groups excluding carboxylic acids is 2. The van der Waals surface area contributed by atoms with Gasteiger partial charge >= 0.3 is 0 Å². The normalized spacial score (nSPS) is 11.2. The Morgan fingerprint density at radius 3 is 2.32 bits per heavy atom. The Bertz CT molecular complexity index is 905. The van der Waals surface area contributed by atoms with Crippen molar-refractivity contribution in [2.75, 3.05) is 20.1 Å². The summed E-state index contributed by atoms with van der Waals surface area (Å²) >= 11 is 3.25. The molecular weight excluding hydrogens is 448 g/mol. The predicted molar refractivity (Wildman–Crippen MR) is 108 cm³/mol. The van der Waals surface area contributed by atoms with E-state index in [1.807, 2.05) is 0 Å². The van der Waals surface area contributed by atoms with Crippen LogP contribution in [0.1, 0.15) is 12.0 Å². The third-order valence-electron chi connectivity index (χ3n) is 3.80. The fourth-order valence-corrected chi connectivity index (χ4v) is 3.63. The first-order chi connectivity index (χ1) is 13.3. The second-order valence-corrected chi connectivity index (χ2v) is 8.91. The van der Waals surface area contributed by atoms with E-state index >= 15 is 0 Å². The van der Waals surface area contributed by atoms with Crippen molar-refractivity contribution in [2.45, 2.75) is 17.9 Å². The summed E-state index contributed by atoms with van der Waals surface area (Å²) in [5, 5.41) is 5.29. The van der Waals surface area contributed by atoms with Crippen LogP contribution in [0.15, 0.2) is 58.2 Å². The lowest BCUT2D eigenvalue weighted by Gasteiger charge is -2.17. The first kappa shape index (κ1) is 22.0. The van der Waals surface area contributed by atoms with Crippen LogP contribution in [-0.2, 0) is 26.2 Å². The van der Waals surface area contributed by atoms with E-state index in [2.05, 4.69) is 31.5 Å². The number of amides is 2. The fraction of sp³-hybridized carbons (Fsp3) is 0.278. The van der Waals surface area contributed by atoms with Gasteiger partial charge in [-0.2, -0.15) is 4.31 Å². The molecule has 10 heteroatoms. The number of rotatable bonds is 9. The van der Waals surface area contributed by atoms with Crippen molar-refractivity contribution in [3.63, 3.8) is 0 Å². The number of nitrogens with one attached hydrogen (secondary N) is 2. The zero-order chi connectivity index (χ0) is 20.6. The molecule has 0 radical (unpaired) electrons. The molecule has 0 saturated carbocycles. The number of sulfonamides is 1. The zero-order valence-electron chi connectivity index (χ0n) is 15.3. The van der Waals surface area contributed by atoms with Crippen LogP contribution in [0.3, 0.4) is 0 Å². The van der Waals surface area contributed by atoms with Crippen molar-refractivity contribution in [1.82, 2.24) is 19.9 Å². The molecule has 2 aromatic rings. The van der Waals surface area contributed by atoms with Crippen LogP contribution in [-0.4, -0.2) is 49.7 Å². The van der Waals surface area contributed by atoms with Crippen LogP contribution in [0.4, 0.5) is 0 Å². The van der Waals surface area contributed by atoms with Crippen LogP contribution in [0, 0.1) is 0 Å². The van der Waals surface area contributed by atoms with Gasteiger partial charge in [-0.05, 0) is 42.0 Å². The van der Waals surface area contributed by atoms with Crippen molar-refractivity contribution in [2.24, 2.45) is 0 Å². The summed E-state index contributed by atoms with van der Waals surface area (Å²) in [7, 11) is -2.43. The van der Waals surface area contributed by atoms with Gasteiger partial charge in [0.25, 0.3) is 0 Å². The quantitative estimate of drug-likeness (QED) is 0.576. The summed E-state index contributed by atoms with van der Waals surface area (Å²) < 4.78 is 26.6. The average molecular weight is 469 g/mol. The molecule has 0 spiro atoms. The standard InChI is InChI=1S/C18H21BrN4O4S/c1-23(28(26,27)16-4-2-15(19)3-5-16)13-18(25)21-11-8-17(24)22-12-14-6-9-20-10-7-14/h2-7,9-10H,8,11-13H2,1H3,(H,21,25)(H,22,24). The maximum atomic E-state index is 12.4. The number of halogens is 1. The number of aromatic nitrogens is 1. The summed E-state index contributed by atoms with van der Waals surface area (Å²) in [5.41, 5.74) is 0.923. The third kappa shape index (κ3) is 6.70. The van der Waals surface area contributed by atoms with E-state index in [1.54, 1.807) is 36.7 Å². The Morgan fingerprint density at radius 2 is 1.68 bits per heavy atom. The Balaban J connectivity index is 1.74. The lowest BCUT2D eigenvalue weighted by Crippen LogP contribution is -2.39. The van der Waals surface area contributed by atoms with E-state index in [9.17, 15) is 18.0 Å². The third-order valence-corrected chi connectivity index (χ3v) is 6.15. The molecule has 0 bridgehead atoms. The highest BCUT2D eigenvalue weighted by Gasteiger charge is 2.22. The van der Waals surface area contributed by atoms with Gasteiger partial charge in [-0.15, -0.1) is 0 Å². The van der Waals surface area contributed by atoms with Crippen LogP contribution in [0.5, 0.6) is 0 Å². The lowest BCUT2D eigenvalue weighted by molar-refractivity contribution is -0.122. The van der Waals surface area contributed by atoms with Gasteiger partial charge in [0.05, 0.1) is 11.4 Å². The Morgan fingerprint density at radius 1 is 1.04 bits per heavy atom. The predicted octanol–water partition coefficient (Wildman–Crippen LogP) is 1.29. The van der Waals surface area contributed by atoms with E-state index in [-0.39, 0.29) is 30.3 Å². The van der Waals surface area contributed by atoms with E-state index in [0.29, 0.717) is 6.54 Å². The summed E-state index contributed by atoms with van der Waals surface area (Å²) in [5.74, 6) is -0.696. The van der Waals surface area contributed by atoms with Crippen LogP contribution in [0.25, 0.3) is 0 Å². The second-order valence-electron chi connectivity index (χ2n) is 5.95. The minimum atomic E-state index is -3.76. The lowest BCUT2D eigenvalue weighted by atomic mass is 10.2. The summed E-state index contributed by atoms with van der Waals surface area (Å²) in [4.78, 5) is 27.8. The molecule has 1 aromatic heterocycles. The van der Waals surface area contributed by atoms with Gasteiger partial charge in [-0.1, -0.05) is 15.9 Å². The van der Waals surface area contributed by atoms with Gasteiger partial charge < -0.3 is 10.6 Å². The molecule has 8 nitrogen and oxygen atoms in total. The number of likely N-dealkylation sites (N-methyl/N-ethyl adjacent to an activating group) is 1. The Hall–Kier alpha value is -2.30. The first-order valence-electron chi connectivity index (χ1n) is 8.43. The minimum Gasteiger partial charge on any atom is -0.354 e. The summed E-state index contributed by atoms with van der Waals surface area (Å²) in [6.07, 6.45) is 3.38. The van der Waals surface area contributed by atoms with Gasteiger partial charge in [-0.25, -0.2) is 8.42 Å². The molecule has 0 aliphatic heterocycles. The topological polar surface area (TPSA) is 108 Å². The van der Waals surface area contributed by atoms with Gasteiger partial charge in [-0.3, -0.25) is 14.6 Å². The fourth-order valence-electron chi connectivity index (χ4n) is 2.23. The molecule has 0 atom stereocenters. The number of hydrogen-bond acceptors (Lipinski definition) is 5. The van der Waals surface area contributed by atoms with Crippen molar-refractivity contribution >= 4 is 37.8 Å². The molecule has 2 N–H and O–H groups in total. The number of hydrogen-bond donors (Lipinski definition) is 2. The minimum absolute atomic E-state index is 0.0972. The largest absolute Gasteiger partial charge is 0.354 e. The van der Waals surface area contributed by atoms with E-state index in [4.69, 9.17) is 0 Å². The molecule has 150 valence electrons. The average Bonchev–Trinajstić information content (AvgIpc) is 2.67. The molecule has 0 fully saturated rings. The monoisotopic (exact) mass is 468 g/mol. The highest BCUT2D eigenvalue weighted by atomic mass is 79.9. The Kier molecular flexibility index (Phi) is 8.09. The second kappa shape index (κ2) is 10.3. The molecule has 2 rings (SSSR count). The molecule has 1 heterocycles. The number of benzene rings is 1. The highest BCUT2D eigenvalue weighted by molar-refractivity contribution is 9.10. The molecule has 0 unspecified atom stereocenters. The maximum absolute atomic E-state index is 12.4. The van der Waals surface area contributed by atoms with Gasteiger partial charge in [0, 0.05) is 43.4 Å². The Labute approximate surface area is 172 Å². The first-order valence-corrected chi connectivity index (χ1v) is 10.7. The molecular formula is C18H21BrN4O4S. The highest BCUT2D eigenvalue weighted by Crippen LogP contribution is 2.17. The molecule has 1 aromatic carbocycles. The van der Waals surface area contributed by atoms with Crippen molar-refractivity contribution in [3.8, 4) is 0 Å². The van der Waals surface area contributed by atoms with E-state index < -0.39 is 15.9 Å². The smallest absolute Gasteiger partial charge is 0.243 e. The van der Waals surface area contributed by atoms with Gasteiger partial charge in [0.1, 0.15) is 0 Å². The van der Waals surface area contributed by atoms with Crippen molar-refractivity contribution in [3.05, 3.63) is 58.8 Å². The molecule has 28 heavy (non-hydrogen) atoms. The zero-order valence-corrected chi connectivity index (χ0v) is 17.7. The number of nitrogens with zero attached hydrogens (tertiary/aromatic N) is 2. The van der Waals surface area contributed by atoms with Gasteiger partial charge in [0.15, 0.2) is 0 Å². The van der Waals surface area contributed by atoms with Gasteiger partial charge in [0.2, 0.25) is 21.8 Å². The molecule has 0 saturated heterocycles.